The molecule has 3 nitrogen and oxygen atoms in total. The van der Waals surface area contributed by atoms with Crippen molar-refractivity contribution < 1.29 is 4.79 Å². The van der Waals surface area contributed by atoms with Crippen LogP contribution in [0.15, 0.2) is 30.3 Å². The van der Waals surface area contributed by atoms with Crippen molar-refractivity contribution in [2.24, 2.45) is 17.1 Å². The molecule has 0 saturated heterocycles. The predicted molar refractivity (Wildman–Crippen MR) is 86.9 cm³/mol. The van der Waals surface area contributed by atoms with E-state index in [2.05, 4.69) is 29.6 Å². The van der Waals surface area contributed by atoms with E-state index >= 15 is 0 Å². The molecule has 1 atom stereocenters. The highest BCUT2D eigenvalue weighted by Gasteiger charge is 2.34. The minimum absolute atomic E-state index is 0.00987. The van der Waals surface area contributed by atoms with Crippen LogP contribution in [0.5, 0.6) is 0 Å². The Morgan fingerprint density at radius 2 is 1.86 bits per heavy atom. The molecule has 0 heterocycles. The maximum absolute atomic E-state index is 12.1. The highest BCUT2D eigenvalue weighted by molar-refractivity contribution is 5.81. The lowest BCUT2D eigenvalue weighted by Gasteiger charge is -2.30. The monoisotopic (exact) mass is 288 g/mol. The van der Waals surface area contributed by atoms with Gasteiger partial charge in [-0.2, -0.15) is 0 Å². The summed E-state index contributed by atoms with van der Waals surface area (Å²) >= 11 is 0. The Morgan fingerprint density at radius 1 is 1.24 bits per heavy atom. The number of nitrogens with two attached hydrogens (primary N) is 1. The highest BCUT2D eigenvalue weighted by Crippen LogP contribution is 2.40. The van der Waals surface area contributed by atoms with E-state index in [1.165, 1.54) is 31.2 Å². The van der Waals surface area contributed by atoms with Crippen LogP contribution >= 0.6 is 0 Å². The molecule has 1 aliphatic rings. The van der Waals surface area contributed by atoms with Gasteiger partial charge in [-0.1, -0.05) is 57.0 Å². The summed E-state index contributed by atoms with van der Waals surface area (Å²) in [6.45, 7) is 4.72. The standard InChI is InChI=1S/C18H28N2O/c1-14(2)16(19)17(21)20-13-18(10-6-7-11-18)12-15-8-4-3-5-9-15/h3-5,8-9,14,16H,6-7,10-13,19H2,1-2H3,(H,20,21)/t16-/m0/s1. The molecule has 0 bridgehead atoms. The van der Waals surface area contributed by atoms with Crippen molar-refractivity contribution in [3.63, 3.8) is 0 Å². The maximum atomic E-state index is 12.1. The summed E-state index contributed by atoms with van der Waals surface area (Å²) in [5.74, 6) is 0.169. The average Bonchev–Trinajstić information content (AvgIpc) is 2.94. The molecule has 0 aromatic heterocycles. The number of rotatable bonds is 6. The van der Waals surface area contributed by atoms with Crippen LogP contribution in [0.25, 0.3) is 0 Å². The Bertz CT molecular complexity index is 450. The van der Waals surface area contributed by atoms with E-state index < -0.39 is 6.04 Å². The van der Waals surface area contributed by atoms with Crippen LogP contribution in [0.2, 0.25) is 0 Å². The summed E-state index contributed by atoms with van der Waals surface area (Å²) in [5, 5.41) is 3.10. The summed E-state index contributed by atoms with van der Waals surface area (Å²) in [5.41, 5.74) is 7.51. The molecule has 3 N–H and O–H groups in total. The lowest BCUT2D eigenvalue weighted by atomic mass is 9.80. The second kappa shape index (κ2) is 7.08. The van der Waals surface area contributed by atoms with Crippen LogP contribution in [-0.4, -0.2) is 18.5 Å². The Hall–Kier alpha value is -1.35. The highest BCUT2D eigenvalue weighted by atomic mass is 16.2. The van der Waals surface area contributed by atoms with E-state index in [9.17, 15) is 4.79 Å². The number of amides is 1. The lowest BCUT2D eigenvalue weighted by Crippen LogP contribution is -2.47. The summed E-state index contributed by atoms with van der Waals surface area (Å²) < 4.78 is 0. The molecule has 116 valence electrons. The van der Waals surface area contributed by atoms with Gasteiger partial charge in [-0.3, -0.25) is 4.79 Å². The number of carbonyl (C=O) groups is 1. The second-order valence-corrected chi connectivity index (χ2v) is 6.86. The van der Waals surface area contributed by atoms with Gasteiger partial charge in [0.1, 0.15) is 0 Å². The summed E-state index contributed by atoms with van der Waals surface area (Å²) in [6.07, 6.45) is 5.96. The SMILES string of the molecule is CC(C)[C@H](N)C(=O)NCC1(Cc2ccccc2)CCCC1. The molecule has 3 heteroatoms. The van der Waals surface area contributed by atoms with Gasteiger partial charge in [0.15, 0.2) is 0 Å². The summed E-state index contributed by atoms with van der Waals surface area (Å²) in [4.78, 5) is 12.1. The van der Waals surface area contributed by atoms with Gasteiger partial charge >= 0.3 is 0 Å². The maximum Gasteiger partial charge on any atom is 0.237 e. The fourth-order valence-corrected chi connectivity index (χ4v) is 3.27. The first-order valence-electron chi connectivity index (χ1n) is 8.10. The third kappa shape index (κ3) is 4.31. The van der Waals surface area contributed by atoms with Gasteiger partial charge in [0, 0.05) is 6.54 Å². The van der Waals surface area contributed by atoms with Crippen molar-refractivity contribution in [3.8, 4) is 0 Å². The topological polar surface area (TPSA) is 55.1 Å². The fraction of sp³-hybridized carbons (Fsp3) is 0.611. The third-order valence-corrected chi connectivity index (χ3v) is 4.74. The zero-order valence-corrected chi connectivity index (χ0v) is 13.3. The number of nitrogens with one attached hydrogen (secondary N) is 1. The first kappa shape index (κ1) is 16.0. The third-order valence-electron chi connectivity index (χ3n) is 4.74. The van der Waals surface area contributed by atoms with Gasteiger partial charge in [0.2, 0.25) is 5.91 Å². The Balaban J connectivity index is 1.97. The molecule has 0 unspecified atom stereocenters. The van der Waals surface area contributed by atoms with Gasteiger partial charge in [0.25, 0.3) is 0 Å². The molecule has 0 spiro atoms. The zero-order valence-electron chi connectivity index (χ0n) is 13.3. The first-order valence-corrected chi connectivity index (χ1v) is 8.10. The van der Waals surface area contributed by atoms with Crippen LogP contribution in [0, 0.1) is 11.3 Å². The quantitative estimate of drug-likeness (QED) is 0.845. The van der Waals surface area contributed by atoms with E-state index in [0.29, 0.717) is 0 Å². The normalized spacial score (nSPS) is 18.7. The summed E-state index contributed by atoms with van der Waals surface area (Å²) in [7, 11) is 0. The van der Waals surface area contributed by atoms with E-state index in [1.807, 2.05) is 19.9 Å². The molecule has 0 radical (unpaired) electrons. The minimum Gasteiger partial charge on any atom is -0.354 e. The number of hydrogen-bond donors (Lipinski definition) is 2. The van der Waals surface area contributed by atoms with Gasteiger partial charge in [0.05, 0.1) is 6.04 Å². The van der Waals surface area contributed by atoms with E-state index in [4.69, 9.17) is 5.73 Å². The first-order chi connectivity index (χ1) is 10.0. The fourth-order valence-electron chi connectivity index (χ4n) is 3.27. The predicted octanol–water partition coefficient (Wildman–Crippen LogP) is 2.89. The lowest BCUT2D eigenvalue weighted by molar-refractivity contribution is -0.123. The van der Waals surface area contributed by atoms with Gasteiger partial charge in [-0.25, -0.2) is 0 Å². The molecule has 1 amide bonds. The molecule has 1 fully saturated rings. The van der Waals surface area contributed by atoms with Crippen molar-refractivity contribution in [2.75, 3.05) is 6.54 Å². The zero-order chi connectivity index (χ0) is 15.3. The van der Waals surface area contributed by atoms with E-state index in [1.54, 1.807) is 0 Å². The largest absolute Gasteiger partial charge is 0.354 e. The van der Waals surface area contributed by atoms with Crippen molar-refractivity contribution in [3.05, 3.63) is 35.9 Å². The molecular formula is C18H28N2O. The van der Waals surface area contributed by atoms with E-state index in [-0.39, 0.29) is 17.2 Å². The second-order valence-electron chi connectivity index (χ2n) is 6.86. The molecular weight excluding hydrogens is 260 g/mol. The average molecular weight is 288 g/mol. The molecule has 1 saturated carbocycles. The molecule has 1 aromatic rings. The van der Waals surface area contributed by atoms with Crippen LogP contribution in [0.1, 0.15) is 45.1 Å². The molecule has 21 heavy (non-hydrogen) atoms. The molecule has 0 aliphatic heterocycles. The molecule has 2 rings (SSSR count). The molecule has 1 aromatic carbocycles. The smallest absolute Gasteiger partial charge is 0.237 e. The van der Waals surface area contributed by atoms with Crippen LogP contribution in [-0.2, 0) is 11.2 Å². The Labute approximate surface area is 128 Å². The van der Waals surface area contributed by atoms with Crippen molar-refractivity contribution >= 4 is 5.91 Å². The Morgan fingerprint density at radius 3 is 2.43 bits per heavy atom. The van der Waals surface area contributed by atoms with Crippen molar-refractivity contribution in [1.29, 1.82) is 0 Å². The van der Waals surface area contributed by atoms with Crippen LogP contribution in [0.3, 0.4) is 0 Å². The van der Waals surface area contributed by atoms with E-state index in [0.717, 1.165) is 13.0 Å². The molecule has 1 aliphatic carbocycles. The van der Waals surface area contributed by atoms with Crippen molar-refractivity contribution in [1.82, 2.24) is 5.32 Å². The van der Waals surface area contributed by atoms with Gasteiger partial charge < -0.3 is 11.1 Å². The number of carbonyl (C=O) groups excluding carboxylic acids is 1. The van der Waals surface area contributed by atoms with Gasteiger partial charge in [-0.15, -0.1) is 0 Å². The van der Waals surface area contributed by atoms with Gasteiger partial charge in [-0.05, 0) is 36.2 Å². The Kier molecular flexibility index (Phi) is 5.40. The summed E-state index contributed by atoms with van der Waals surface area (Å²) in [6, 6.07) is 10.2. The van der Waals surface area contributed by atoms with Crippen LogP contribution in [0.4, 0.5) is 0 Å². The van der Waals surface area contributed by atoms with Crippen LogP contribution < -0.4 is 11.1 Å². The number of hydrogen-bond acceptors (Lipinski definition) is 2. The number of benzene rings is 1. The van der Waals surface area contributed by atoms with Crippen molar-refractivity contribution in [2.45, 2.75) is 52.0 Å². The minimum atomic E-state index is -0.403.